The molecule has 170 valence electrons. The van der Waals surface area contributed by atoms with Crippen molar-refractivity contribution in [3.05, 3.63) is 47.9 Å². The van der Waals surface area contributed by atoms with E-state index in [1.54, 1.807) is 19.4 Å². The topological polar surface area (TPSA) is 91.4 Å². The summed E-state index contributed by atoms with van der Waals surface area (Å²) in [6.07, 6.45) is 11.4. The van der Waals surface area contributed by atoms with Crippen molar-refractivity contribution in [3.63, 3.8) is 0 Å². The lowest BCUT2D eigenvalue weighted by Crippen LogP contribution is -2.42. The number of likely N-dealkylation sites (tertiary alicyclic amines) is 1. The van der Waals surface area contributed by atoms with Crippen LogP contribution < -0.4 is 20.9 Å². The highest BCUT2D eigenvalue weighted by Crippen LogP contribution is 2.40. The summed E-state index contributed by atoms with van der Waals surface area (Å²) in [6, 6.07) is 5.94. The molecule has 8 nitrogen and oxygen atoms in total. The van der Waals surface area contributed by atoms with E-state index in [0.29, 0.717) is 23.5 Å². The van der Waals surface area contributed by atoms with Gasteiger partial charge in [-0.1, -0.05) is 6.07 Å². The highest BCUT2D eigenvalue weighted by Gasteiger charge is 2.44. The van der Waals surface area contributed by atoms with E-state index in [4.69, 9.17) is 4.74 Å². The normalized spacial score (nSPS) is 27.8. The van der Waals surface area contributed by atoms with Gasteiger partial charge in [0.2, 0.25) is 11.8 Å². The standard InChI is InChI=1S/C24H32N6O2/c1-32-22-7-5-19(14-26-22)27-24(31)23-20-11-17(4-6-21(20)28-29-23)18-10-16(12-25-13-18)15-30-8-2-3-9-30/h5,7,10,12-14,17,20-21,23,28-29H,2-4,6,8-9,11,15H2,1H3,(H,27,31). The molecule has 32 heavy (non-hydrogen) atoms. The molecule has 1 aliphatic carbocycles. The molecule has 0 bridgehead atoms. The third kappa shape index (κ3) is 4.62. The van der Waals surface area contributed by atoms with Crippen LogP contribution in [-0.4, -0.2) is 53.1 Å². The molecule has 0 radical (unpaired) electrons. The lowest BCUT2D eigenvalue weighted by atomic mass is 9.73. The fourth-order valence-electron chi connectivity index (χ4n) is 5.43. The largest absolute Gasteiger partial charge is 0.481 e. The molecule has 1 saturated carbocycles. The van der Waals surface area contributed by atoms with Crippen LogP contribution >= 0.6 is 0 Å². The average Bonchev–Trinajstić information content (AvgIpc) is 3.49. The van der Waals surface area contributed by atoms with Crippen molar-refractivity contribution < 1.29 is 9.53 Å². The van der Waals surface area contributed by atoms with Gasteiger partial charge in [0.15, 0.2) is 0 Å². The number of fused-ring (bicyclic) bond motifs is 1. The van der Waals surface area contributed by atoms with Crippen LogP contribution in [0.3, 0.4) is 0 Å². The van der Waals surface area contributed by atoms with Crippen LogP contribution in [0.2, 0.25) is 0 Å². The molecule has 4 heterocycles. The predicted molar refractivity (Wildman–Crippen MR) is 122 cm³/mol. The van der Waals surface area contributed by atoms with Crippen molar-refractivity contribution in [1.82, 2.24) is 25.7 Å². The summed E-state index contributed by atoms with van der Waals surface area (Å²) in [5, 5.41) is 2.99. The number of aromatic nitrogens is 2. The summed E-state index contributed by atoms with van der Waals surface area (Å²) in [4.78, 5) is 24.3. The number of ether oxygens (including phenoxy) is 1. The van der Waals surface area contributed by atoms with Crippen molar-refractivity contribution in [1.29, 1.82) is 0 Å². The van der Waals surface area contributed by atoms with Gasteiger partial charge in [0, 0.05) is 37.0 Å². The first kappa shape index (κ1) is 21.3. The van der Waals surface area contributed by atoms with Crippen molar-refractivity contribution in [2.75, 3.05) is 25.5 Å². The lowest BCUT2D eigenvalue weighted by molar-refractivity contribution is -0.119. The smallest absolute Gasteiger partial charge is 0.243 e. The maximum atomic E-state index is 13.0. The van der Waals surface area contributed by atoms with Crippen LogP contribution in [0.1, 0.15) is 49.1 Å². The fourth-order valence-corrected chi connectivity index (χ4v) is 5.43. The Kier molecular flexibility index (Phi) is 6.34. The lowest BCUT2D eigenvalue weighted by Gasteiger charge is -2.33. The first-order chi connectivity index (χ1) is 15.7. The first-order valence-electron chi connectivity index (χ1n) is 11.7. The summed E-state index contributed by atoms with van der Waals surface area (Å²) in [5.74, 6) is 1.17. The van der Waals surface area contributed by atoms with E-state index < -0.39 is 0 Å². The van der Waals surface area contributed by atoms with Gasteiger partial charge >= 0.3 is 0 Å². The van der Waals surface area contributed by atoms with Crippen LogP contribution in [0.5, 0.6) is 5.88 Å². The van der Waals surface area contributed by atoms with Crippen LogP contribution in [0.15, 0.2) is 36.8 Å². The predicted octanol–water partition coefficient (Wildman–Crippen LogP) is 2.45. The van der Waals surface area contributed by atoms with Crippen molar-refractivity contribution in [2.24, 2.45) is 5.92 Å². The Morgan fingerprint density at radius 3 is 2.84 bits per heavy atom. The molecule has 2 saturated heterocycles. The molecule has 0 spiro atoms. The Labute approximate surface area is 189 Å². The maximum Gasteiger partial charge on any atom is 0.243 e. The van der Waals surface area contributed by atoms with Crippen LogP contribution in [0, 0.1) is 5.92 Å². The molecule has 2 aromatic rings. The van der Waals surface area contributed by atoms with Crippen molar-refractivity contribution in [2.45, 2.75) is 56.7 Å². The third-order valence-corrected chi connectivity index (χ3v) is 7.14. The quantitative estimate of drug-likeness (QED) is 0.641. The number of methoxy groups -OCH3 is 1. The van der Waals surface area contributed by atoms with Crippen LogP contribution in [0.25, 0.3) is 0 Å². The zero-order valence-corrected chi connectivity index (χ0v) is 18.6. The molecule has 5 rings (SSSR count). The van der Waals surface area contributed by atoms with E-state index in [2.05, 4.69) is 37.1 Å². The number of hydrazine groups is 1. The van der Waals surface area contributed by atoms with Gasteiger partial charge in [-0.3, -0.25) is 20.1 Å². The van der Waals surface area contributed by atoms with E-state index in [0.717, 1.165) is 25.8 Å². The van der Waals surface area contributed by atoms with E-state index in [1.165, 1.54) is 37.1 Å². The van der Waals surface area contributed by atoms with Gasteiger partial charge in [-0.05, 0) is 68.3 Å². The van der Waals surface area contributed by atoms with Gasteiger partial charge in [0.25, 0.3) is 0 Å². The van der Waals surface area contributed by atoms with Crippen molar-refractivity contribution in [3.8, 4) is 5.88 Å². The summed E-state index contributed by atoms with van der Waals surface area (Å²) >= 11 is 0. The molecule has 3 aliphatic rings. The van der Waals surface area contributed by atoms with Crippen LogP contribution in [0.4, 0.5) is 5.69 Å². The Morgan fingerprint density at radius 2 is 2.06 bits per heavy atom. The van der Waals surface area contributed by atoms with Gasteiger partial charge in [-0.2, -0.15) is 0 Å². The van der Waals surface area contributed by atoms with Gasteiger partial charge in [0.05, 0.1) is 19.0 Å². The molecule has 2 aliphatic heterocycles. The first-order valence-corrected chi connectivity index (χ1v) is 11.7. The van der Waals surface area contributed by atoms with E-state index in [1.807, 2.05) is 18.5 Å². The molecule has 4 unspecified atom stereocenters. The van der Waals surface area contributed by atoms with Crippen LogP contribution in [-0.2, 0) is 11.3 Å². The Bertz CT molecular complexity index is 930. The van der Waals surface area contributed by atoms with E-state index in [9.17, 15) is 4.79 Å². The maximum absolute atomic E-state index is 13.0. The SMILES string of the molecule is COc1ccc(NC(=O)C2NNC3CCC(c4cncc(CN5CCCC5)c4)CC32)cn1. The Balaban J connectivity index is 1.24. The second-order valence-electron chi connectivity index (χ2n) is 9.23. The highest BCUT2D eigenvalue weighted by atomic mass is 16.5. The van der Waals surface area contributed by atoms with E-state index >= 15 is 0 Å². The molecule has 1 amide bonds. The van der Waals surface area contributed by atoms with Gasteiger partial charge in [0.1, 0.15) is 6.04 Å². The monoisotopic (exact) mass is 436 g/mol. The number of rotatable bonds is 6. The van der Waals surface area contributed by atoms with E-state index in [-0.39, 0.29) is 17.9 Å². The molecular weight excluding hydrogens is 404 g/mol. The molecule has 0 aromatic carbocycles. The second-order valence-corrected chi connectivity index (χ2v) is 9.23. The number of carbonyl (C=O) groups is 1. The molecular formula is C24H32N6O2. The van der Waals surface area contributed by atoms with Crippen molar-refractivity contribution >= 4 is 11.6 Å². The number of carbonyl (C=O) groups excluding carboxylic acids is 1. The minimum absolute atomic E-state index is 0.0291. The molecule has 2 aromatic heterocycles. The summed E-state index contributed by atoms with van der Waals surface area (Å²) in [7, 11) is 1.58. The summed E-state index contributed by atoms with van der Waals surface area (Å²) < 4.78 is 5.09. The van der Waals surface area contributed by atoms with Gasteiger partial charge < -0.3 is 10.1 Å². The molecule has 3 fully saturated rings. The minimum Gasteiger partial charge on any atom is -0.481 e. The summed E-state index contributed by atoms with van der Waals surface area (Å²) in [5.41, 5.74) is 9.89. The number of nitrogens with zero attached hydrogens (tertiary/aromatic N) is 3. The average molecular weight is 437 g/mol. The molecule has 8 heteroatoms. The zero-order valence-electron chi connectivity index (χ0n) is 18.6. The second kappa shape index (κ2) is 9.52. The summed E-state index contributed by atoms with van der Waals surface area (Å²) in [6.45, 7) is 3.37. The number of hydrogen-bond donors (Lipinski definition) is 3. The van der Waals surface area contributed by atoms with Gasteiger partial charge in [-0.15, -0.1) is 0 Å². The number of amides is 1. The fraction of sp³-hybridized carbons (Fsp3) is 0.542. The minimum atomic E-state index is -0.273. The Hall–Kier alpha value is -2.55. The highest BCUT2D eigenvalue weighted by molar-refractivity contribution is 5.95. The number of hydrogen-bond acceptors (Lipinski definition) is 7. The third-order valence-electron chi connectivity index (χ3n) is 7.14. The molecule has 4 atom stereocenters. The molecule has 3 N–H and O–H groups in total. The van der Waals surface area contributed by atoms with Gasteiger partial charge in [-0.25, -0.2) is 10.4 Å². The number of anilines is 1. The zero-order chi connectivity index (χ0) is 21.9. The Morgan fingerprint density at radius 1 is 1.19 bits per heavy atom. The number of pyridine rings is 2. The number of nitrogens with one attached hydrogen (secondary N) is 3.